The molecule has 3 rings (SSSR count). The predicted octanol–water partition coefficient (Wildman–Crippen LogP) is 5.02. The lowest BCUT2D eigenvalue weighted by Crippen LogP contribution is -2.22. The second kappa shape index (κ2) is 5.96. The summed E-state index contributed by atoms with van der Waals surface area (Å²) in [5.41, 5.74) is 3.70. The van der Waals surface area contributed by atoms with Crippen LogP contribution in [0.25, 0.3) is 10.2 Å². The van der Waals surface area contributed by atoms with Gasteiger partial charge in [-0.25, -0.2) is 4.98 Å². The summed E-state index contributed by atoms with van der Waals surface area (Å²) in [6.45, 7) is 6.50. The van der Waals surface area contributed by atoms with Gasteiger partial charge in [0, 0.05) is 6.04 Å². The smallest absolute Gasteiger partial charge is 0.111 e. The number of thiazole rings is 1. The quantitative estimate of drug-likeness (QED) is 0.731. The Morgan fingerprint density at radius 2 is 1.67 bits per heavy atom. The van der Waals surface area contributed by atoms with Crippen molar-refractivity contribution in [2.75, 3.05) is 0 Å². The molecule has 1 aromatic heterocycles. The summed E-state index contributed by atoms with van der Waals surface area (Å²) in [6.07, 6.45) is 0. The predicted molar refractivity (Wildman–Crippen MR) is 90.8 cm³/mol. The van der Waals surface area contributed by atoms with Gasteiger partial charge in [-0.15, -0.1) is 11.3 Å². The molecule has 108 valence electrons. The van der Waals surface area contributed by atoms with E-state index in [1.54, 1.807) is 11.3 Å². The molecule has 3 heteroatoms. The fraction of sp³-hybridized carbons (Fsp3) is 0.278. The van der Waals surface area contributed by atoms with E-state index in [2.05, 4.69) is 68.6 Å². The van der Waals surface area contributed by atoms with Gasteiger partial charge in [0.2, 0.25) is 0 Å². The zero-order chi connectivity index (χ0) is 14.8. The average Bonchev–Trinajstić information content (AvgIpc) is 2.92. The van der Waals surface area contributed by atoms with Crippen molar-refractivity contribution in [3.05, 3.63) is 64.7 Å². The molecule has 1 N–H and O–H groups in total. The zero-order valence-corrected chi connectivity index (χ0v) is 13.4. The van der Waals surface area contributed by atoms with Gasteiger partial charge in [-0.2, -0.15) is 0 Å². The van der Waals surface area contributed by atoms with Gasteiger partial charge in [-0.1, -0.05) is 42.0 Å². The topological polar surface area (TPSA) is 24.9 Å². The molecule has 0 aliphatic carbocycles. The SMILES string of the molecule is Cc1ccc([C@@H](C)NC(C)c2nc3ccccc3s2)cc1. The molecule has 0 radical (unpaired) electrons. The van der Waals surface area contributed by atoms with E-state index in [9.17, 15) is 0 Å². The van der Waals surface area contributed by atoms with Gasteiger partial charge in [-0.3, -0.25) is 0 Å². The number of benzene rings is 2. The maximum atomic E-state index is 4.73. The Bertz CT molecular complexity index is 697. The molecular weight excluding hydrogens is 276 g/mol. The van der Waals surface area contributed by atoms with Crippen molar-refractivity contribution in [2.24, 2.45) is 0 Å². The second-order valence-electron chi connectivity index (χ2n) is 5.54. The summed E-state index contributed by atoms with van der Waals surface area (Å²) >= 11 is 1.77. The van der Waals surface area contributed by atoms with Crippen molar-refractivity contribution in [1.29, 1.82) is 0 Å². The molecule has 2 aromatic carbocycles. The standard InChI is InChI=1S/C18H20N2S/c1-12-8-10-15(11-9-12)13(2)19-14(3)18-20-16-6-4-5-7-17(16)21-18/h4-11,13-14,19H,1-3H3/t13-,14?/m1/s1. The summed E-state index contributed by atoms with van der Waals surface area (Å²) in [6, 6.07) is 17.6. The van der Waals surface area contributed by atoms with E-state index in [0.717, 1.165) is 10.5 Å². The van der Waals surface area contributed by atoms with E-state index in [1.165, 1.54) is 15.8 Å². The lowest BCUT2D eigenvalue weighted by molar-refractivity contribution is 0.493. The minimum Gasteiger partial charge on any atom is -0.302 e. The van der Waals surface area contributed by atoms with Gasteiger partial charge in [0.05, 0.1) is 16.3 Å². The number of hydrogen-bond acceptors (Lipinski definition) is 3. The van der Waals surface area contributed by atoms with E-state index in [4.69, 9.17) is 4.98 Å². The Kier molecular flexibility index (Phi) is 4.04. The van der Waals surface area contributed by atoms with Crippen molar-refractivity contribution >= 4 is 21.6 Å². The van der Waals surface area contributed by atoms with Gasteiger partial charge in [0.15, 0.2) is 0 Å². The van der Waals surface area contributed by atoms with Crippen LogP contribution in [-0.4, -0.2) is 4.98 Å². The highest BCUT2D eigenvalue weighted by Crippen LogP contribution is 2.27. The summed E-state index contributed by atoms with van der Waals surface area (Å²) in [4.78, 5) is 4.73. The van der Waals surface area contributed by atoms with Gasteiger partial charge >= 0.3 is 0 Å². The summed E-state index contributed by atoms with van der Waals surface area (Å²) < 4.78 is 1.25. The van der Waals surface area contributed by atoms with Crippen molar-refractivity contribution in [3.8, 4) is 0 Å². The third-order valence-corrected chi connectivity index (χ3v) is 4.98. The van der Waals surface area contributed by atoms with E-state index in [1.807, 2.05) is 6.07 Å². The highest BCUT2D eigenvalue weighted by Gasteiger charge is 2.14. The number of fused-ring (bicyclic) bond motifs is 1. The zero-order valence-electron chi connectivity index (χ0n) is 12.6. The molecule has 0 aliphatic rings. The first kappa shape index (κ1) is 14.2. The molecule has 21 heavy (non-hydrogen) atoms. The highest BCUT2D eigenvalue weighted by atomic mass is 32.1. The number of nitrogens with zero attached hydrogens (tertiary/aromatic N) is 1. The minimum absolute atomic E-state index is 0.249. The number of aryl methyl sites for hydroxylation is 1. The van der Waals surface area contributed by atoms with E-state index in [0.29, 0.717) is 6.04 Å². The number of rotatable bonds is 4. The van der Waals surface area contributed by atoms with Crippen LogP contribution in [0.4, 0.5) is 0 Å². The van der Waals surface area contributed by atoms with Crippen molar-refractivity contribution in [2.45, 2.75) is 32.9 Å². The summed E-state index contributed by atoms with van der Waals surface area (Å²) in [5.74, 6) is 0. The molecule has 3 aromatic rings. The van der Waals surface area contributed by atoms with Crippen LogP contribution in [-0.2, 0) is 0 Å². The first-order chi connectivity index (χ1) is 10.1. The fourth-order valence-corrected chi connectivity index (χ4v) is 3.45. The minimum atomic E-state index is 0.249. The molecule has 2 nitrogen and oxygen atoms in total. The number of nitrogens with one attached hydrogen (secondary N) is 1. The molecule has 0 fully saturated rings. The Hall–Kier alpha value is -1.71. The lowest BCUT2D eigenvalue weighted by atomic mass is 10.1. The fourth-order valence-electron chi connectivity index (χ4n) is 2.47. The highest BCUT2D eigenvalue weighted by molar-refractivity contribution is 7.18. The molecule has 2 atom stereocenters. The summed E-state index contributed by atoms with van der Waals surface area (Å²) in [5, 5.41) is 4.79. The van der Waals surface area contributed by atoms with Crippen molar-refractivity contribution in [3.63, 3.8) is 0 Å². The number of hydrogen-bond donors (Lipinski definition) is 1. The van der Waals surface area contributed by atoms with Crippen molar-refractivity contribution in [1.82, 2.24) is 10.3 Å². The van der Waals surface area contributed by atoms with Crippen LogP contribution >= 0.6 is 11.3 Å². The first-order valence-corrected chi connectivity index (χ1v) is 8.13. The van der Waals surface area contributed by atoms with Gasteiger partial charge in [0.1, 0.15) is 5.01 Å². The summed E-state index contributed by atoms with van der Waals surface area (Å²) in [7, 11) is 0. The van der Waals surface area contributed by atoms with E-state index < -0.39 is 0 Å². The lowest BCUT2D eigenvalue weighted by Gasteiger charge is -2.19. The number of para-hydroxylation sites is 1. The van der Waals surface area contributed by atoms with E-state index >= 15 is 0 Å². The van der Waals surface area contributed by atoms with Crippen LogP contribution in [0, 0.1) is 6.92 Å². The van der Waals surface area contributed by atoms with E-state index in [-0.39, 0.29) is 6.04 Å². The van der Waals surface area contributed by atoms with Crippen LogP contribution in [0.3, 0.4) is 0 Å². The molecular formula is C18H20N2S. The van der Waals surface area contributed by atoms with Gasteiger partial charge < -0.3 is 5.32 Å². The molecule has 0 saturated heterocycles. The normalized spacial score (nSPS) is 14.2. The van der Waals surface area contributed by atoms with Crippen LogP contribution in [0.5, 0.6) is 0 Å². The molecule has 0 spiro atoms. The van der Waals surface area contributed by atoms with Crippen LogP contribution in [0.15, 0.2) is 48.5 Å². The Labute approximate surface area is 129 Å². The van der Waals surface area contributed by atoms with Gasteiger partial charge in [-0.05, 0) is 38.5 Å². The monoisotopic (exact) mass is 296 g/mol. The Balaban J connectivity index is 1.75. The largest absolute Gasteiger partial charge is 0.302 e. The van der Waals surface area contributed by atoms with Crippen LogP contribution < -0.4 is 5.32 Å². The maximum Gasteiger partial charge on any atom is 0.111 e. The Morgan fingerprint density at radius 1 is 0.952 bits per heavy atom. The second-order valence-corrected chi connectivity index (χ2v) is 6.60. The molecule has 1 unspecified atom stereocenters. The Morgan fingerprint density at radius 3 is 2.38 bits per heavy atom. The molecule has 0 aliphatic heterocycles. The molecule has 0 saturated carbocycles. The first-order valence-electron chi connectivity index (χ1n) is 7.31. The molecule has 1 heterocycles. The van der Waals surface area contributed by atoms with Crippen molar-refractivity contribution < 1.29 is 0 Å². The maximum absolute atomic E-state index is 4.73. The average molecular weight is 296 g/mol. The third kappa shape index (κ3) is 3.14. The third-order valence-electron chi connectivity index (χ3n) is 3.76. The number of aromatic nitrogens is 1. The molecule has 0 bridgehead atoms. The van der Waals surface area contributed by atoms with Gasteiger partial charge in [0.25, 0.3) is 0 Å². The van der Waals surface area contributed by atoms with Crippen LogP contribution in [0.2, 0.25) is 0 Å². The van der Waals surface area contributed by atoms with Crippen LogP contribution in [0.1, 0.15) is 42.1 Å². The molecule has 0 amide bonds.